The van der Waals surface area contributed by atoms with E-state index in [1.54, 1.807) is 0 Å². The van der Waals surface area contributed by atoms with Gasteiger partial charge in [-0.15, -0.1) is 0 Å². The van der Waals surface area contributed by atoms with E-state index in [0.29, 0.717) is 0 Å². The summed E-state index contributed by atoms with van der Waals surface area (Å²) < 4.78 is 56.1. The third-order valence-electron chi connectivity index (χ3n) is 4.16. The largest absolute Gasteiger partial charge is 0.444 e. The standard InChI is InChI=1S/C17H17F2N3O5S/c1-17(2)15(23)22(16(24)21-17)5-6-28(25,26)9-11-8-27-14(20-11)10-3-4-12(18)13(19)7-10/h3-4,7-8H,5-6,9H2,1-2H3,(H,21,24). The summed E-state index contributed by atoms with van der Waals surface area (Å²) in [5.74, 6) is -3.61. The molecule has 1 saturated heterocycles. The topological polar surface area (TPSA) is 110 Å². The molecule has 28 heavy (non-hydrogen) atoms. The summed E-state index contributed by atoms with van der Waals surface area (Å²) >= 11 is 0. The van der Waals surface area contributed by atoms with E-state index in [4.69, 9.17) is 4.42 Å². The molecular weight excluding hydrogens is 396 g/mol. The monoisotopic (exact) mass is 413 g/mol. The second-order valence-electron chi connectivity index (χ2n) is 6.88. The maximum atomic E-state index is 13.3. The van der Waals surface area contributed by atoms with Crippen molar-refractivity contribution >= 4 is 21.8 Å². The Morgan fingerprint density at radius 2 is 1.93 bits per heavy atom. The van der Waals surface area contributed by atoms with E-state index in [1.807, 2.05) is 0 Å². The Bertz CT molecular complexity index is 1050. The maximum absolute atomic E-state index is 13.3. The zero-order chi connectivity index (χ0) is 20.7. The first kappa shape index (κ1) is 19.9. The van der Waals surface area contributed by atoms with E-state index >= 15 is 0 Å². The minimum absolute atomic E-state index is 0.0556. The van der Waals surface area contributed by atoms with Gasteiger partial charge in [0, 0.05) is 12.1 Å². The molecule has 1 fully saturated rings. The molecule has 1 aromatic heterocycles. The van der Waals surface area contributed by atoms with Crippen molar-refractivity contribution in [2.45, 2.75) is 25.1 Å². The lowest BCUT2D eigenvalue weighted by Gasteiger charge is -2.15. The zero-order valence-corrected chi connectivity index (χ0v) is 15.8. The Kier molecular flexibility index (Phi) is 4.96. The number of rotatable bonds is 6. The fraction of sp³-hybridized carbons (Fsp3) is 0.353. The van der Waals surface area contributed by atoms with Crippen molar-refractivity contribution in [3.63, 3.8) is 0 Å². The van der Waals surface area contributed by atoms with Crippen molar-refractivity contribution in [2.75, 3.05) is 12.3 Å². The number of hydrogen-bond acceptors (Lipinski definition) is 6. The number of benzene rings is 1. The molecule has 0 saturated carbocycles. The summed E-state index contributed by atoms with van der Waals surface area (Å²) in [7, 11) is -3.72. The van der Waals surface area contributed by atoms with Gasteiger partial charge >= 0.3 is 6.03 Å². The summed E-state index contributed by atoms with van der Waals surface area (Å²) in [5, 5.41) is 2.47. The summed E-state index contributed by atoms with van der Waals surface area (Å²) in [6.45, 7) is 2.76. The highest BCUT2D eigenvalue weighted by atomic mass is 32.2. The lowest BCUT2D eigenvalue weighted by Crippen LogP contribution is -2.41. The van der Waals surface area contributed by atoms with Gasteiger partial charge in [0.15, 0.2) is 21.5 Å². The molecule has 150 valence electrons. The number of sulfone groups is 1. The highest BCUT2D eigenvalue weighted by Gasteiger charge is 2.44. The number of aromatic nitrogens is 1. The first-order valence-corrected chi connectivity index (χ1v) is 10.0. The molecule has 11 heteroatoms. The quantitative estimate of drug-likeness (QED) is 0.724. The summed E-state index contributed by atoms with van der Waals surface area (Å²) in [6, 6.07) is 2.40. The zero-order valence-electron chi connectivity index (χ0n) is 15.0. The number of imide groups is 1. The van der Waals surface area contributed by atoms with Gasteiger partial charge in [0.2, 0.25) is 5.89 Å². The Hall–Kier alpha value is -2.82. The highest BCUT2D eigenvalue weighted by Crippen LogP contribution is 2.22. The van der Waals surface area contributed by atoms with Gasteiger partial charge in [0.1, 0.15) is 11.8 Å². The van der Waals surface area contributed by atoms with Gasteiger partial charge in [0.05, 0.1) is 17.2 Å². The number of carbonyl (C=O) groups excluding carboxylic acids is 2. The van der Waals surface area contributed by atoms with Crippen molar-refractivity contribution < 1.29 is 31.2 Å². The predicted molar refractivity (Wildman–Crippen MR) is 93.7 cm³/mol. The van der Waals surface area contributed by atoms with Crippen LogP contribution in [0, 0.1) is 11.6 Å². The second-order valence-corrected chi connectivity index (χ2v) is 9.06. The molecule has 3 amide bonds. The fourth-order valence-electron chi connectivity index (χ4n) is 2.68. The molecule has 1 N–H and O–H groups in total. The molecule has 0 aliphatic carbocycles. The van der Waals surface area contributed by atoms with Crippen molar-refractivity contribution in [3.05, 3.63) is 41.8 Å². The van der Waals surface area contributed by atoms with Crippen LogP contribution in [-0.2, 0) is 20.4 Å². The summed E-state index contributed by atoms with van der Waals surface area (Å²) in [6.07, 6.45) is 1.10. The lowest BCUT2D eigenvalue weighted by molar-refractivity contribution is -0.130. The molecule has 0 atom stereocenters. The van der Waals surface area contributed by atoms with Crippen LogP contribution in [0.25, 0.3) is 11.5 Å². The van der Waals surface area contributed by atoms with Gasteiger partial charge in [-0.2, -0.15) is 0 Å². The SMILES string of the molecule is CC1(C)NC(=O)N(CCS(=O)(=O)Cc2coc(-c3ccc(F)c(F)c3)n2)C1=O. The molecule has 1 aromatic carbocycles. The minimum atomic E-state index is -3.72. The smallest absolute Gasteiger partial charge is 0.325 e. The third kappa shape index (κ3) is 4.03. The molecule has 0 unspecified atom stereocenters. The van der Waals surface area contributed by atoms with Crippen LogP contribution in [0.4, 0.5) is 13.6 Å². The summed E-state index contributed by atoms with van der Waals surface area (Å²) in [4.78, 5) is 28.7. The van der Waals surface area contributed by atoms with Crippen LogP contribution in [0.5, 0.6) is 0 Å². The van der Waals surface area contributed by atoms with Crippen LogP contribution < -0.4 is 5.32 Å². The molecule has 2 heterocycles. The first-order valence-electron chi connectivity index (χ1n) is 8.23. The number of halogens is 2. The number of oxazole rings is 1. The average Bonchev–Trinajstić information content (AvgIpc) is 3.11. The molecule has 0 spiro atoms. The average molecular weight is 413 g/mol. The van der Waals surface area contributed by atoms with Crippen molar-refractivity contribution in [1.82, 2.24) is 15.2 Å². The maximum Gasteiger partial charge on any atom is 0.325 e. The van der Waals surface area contributed by atoms with Crippen LogP contribution in [-0.4, -0.2) is 48.1 Å². The van der Waals surface area contributed by atoms with Crippen LogP contribution >= 0.6 is 0 Å². The van der Waals surface area contributed by atoms with Gasteiger partial charge in [-0.1, -0.05) is 0 Å². The van der Waals surface area contributed by atoms with Crippen LogP contribution in [0.1, 0.15) is 19.5 Å². The summed E-state index contributed by atoms with van der Waals surface area (Å²) in [5.41, 5.74) is -0.854. The van der Waals surface area contributed by atoms with Gasteiger partial charge in [-0.05, 0) is 32.0 Å². The number of hydrogen-bond donors (Lipinski definition) is 1. The van der Waals surface area contributed by atoms with Crippen LogP contribution in [0.2, 0.25) is 0 Å². The fourth-order valence-corrected chi connectivity index (χ4v) is 3.87. The Balaban J connectivity index is 1.66. The highest BCUT2D eigenvalue weighted by molar-refractivity contribution is 7.90. The number of nitrogens with one attached hydrogen (secondary N) is 1. The predicted octanol–water partition coefficient (Wildman–Crippen LogP) is 1.87. The molecule has 3 rings (SSSR count). The van der Waals surface area contributed by atoms with Crippen molar-refractivity contribution in [3.8, 4) is 11.5 Å². The van der Waals surface area contributed by atoms with Gasteiger partial charge in [0.25, 0.3) is 5.91 Å². The van der Waals surface area contributed by atoms with E-state index in [0.717, 1.165) is 23.3 Å². The number of amides is 3. The van der Waals surface area contributed by atoms with E-state index in [9.17, 15) is 26.8 Å². The molecule has 1 aliphatic rings. The Morgan fingerprint density at radius 3 is 2.54 bits per heavy atom. The van der Waals surface area contributed by atoms with E-state index in [-0.39, 0.29) is 23.7 Å². The van der Waals surface area contributed by atoms with Gasteiger partial charge < -0.3 is 9.73 Å². The third-order valence-corrected chi connectivity index (χ3v) is 5.70. The molecule has 2 aromatic rings. The van der Waals surface area contributed by atoms with Crippen molar-refractivity contribution in [1.29, 1.82) is 0 Å². The molecule has 0 radical (unpaired) electrons. The van der Waals surface area contributed by atoms with E-state index < -0.39 is 50.5 Å². The molecule has 0 bridgehead atoms. The lowest BCUT2D eigenvalue weighted by atomic mass is 10.1. The molecule has 8 nitrogen and oxygen atoms in total. The van der Waals surface area contributed by atoms with E-state index in [1.165, 1.54) is 19.9 Å². The second kappa shape index (κ2) is 6.97. The van der Waals surface area contributed by atoms with Gasteiger partial charge in [-0.3, -0.25) is 9.69 Å². The number of urea groups is 1. The van der Waals surface area contributed by atoms with Crippen molar-refractivity contribution in [2.24, 2.45) is 0 Å². The Labute approximate surface area is 159 Å². The minimum Gasteiger partial charge on any atom is -0.444 e. The van der Waals surface area contributed by atoms with Crippen LogP contribution in [0.15, 0.2) is 28.9 Å². The molecular formula is C17H17F2N3O5S. The van der Waals surface area contributed by atoms with E-state index in [2.05, 4.69) is 10.3 Å². The van der Waals surface area contributed by atoms with Crippen LogP contribution in [0.3, 0.4) is 0 Å². The van der Waals surface area contributed by atoms with Gasteiger partial charge in [-0.25, -0.2) is 27.0 Å². The normalized spacial score (nSPS) is 16.5. The number of carbonyl (C=O) groups is 2. The Morgan fingerprint density at radius 1 is 1.21 bits per heavy atom. The molecule has 1 aliphatic heterocycles. The first-order chi connectivity index (χ1) is 13.0. The number of nitrogens with zero attached hydrogens (tertiary/aromatic N) is 2.